The third kappa shape index (κ3) is 3.12. The van der Waals surface area contributed by atoms with Gasteiger partial charge in [-0.1, -0.05) is 6.07 Å². The number of rotatable bonds is 5. The van der Waals surface area contributed by atoms with E-state index in [-0.39, 0.29) is 0 Å². The Morgan fingerprint density at radius 1 is 1.12 bits per heavy atom. The highest BCUT2D eigenvalue weighted by Crippen LogP contribution is 2.25. The highest BCUT2D eigenvalue weighted by molar-refractivity contribution is 5.85. The lowest BCUT2D eigenvalue weighted by Crippen LogP contribution is -1.98. The molecule has 3 aromatic heterocycles. The van der Waals surface area contributed by atoms with Crippen molar-refractivity contribution in [2.75, 3.05) is 7.11 Å². The van der Waals surface area contributed by atoms with E-state index in [1.54, 1.807) is 30.4 Å². The number of fused-ring (bicyclic) bond motifs is 1. The Morgan fingerprint density at radius 3 is 2.85 bits per heavy atom. The fourth-order valence-corrected chi connectivity index (χ4v) is 2.51. The van der Waals surface area contributed by atoms with Gasteiger partial charge in [-0.3, -0.25) is 4.98 Å². The van der Waals surface area contributed by atoms with Crippen molar-refractivity contribution in [1.29, 1.82) is 0 Å². The quantitative estimate of drug-likeness (QED) is 0.516. The van der Waals surface area contributed by atoms with Gasteiger partial charge in [0, 0.05) is 18.5 Å². The second-order valence-electron chi connectivity index (χ2n) is 5.45. The predicted octanol–water partition coefficient (Wildman–Crippen LogP) is 3.50. The second-order valence-corrected chi connectivity index (χ2v) is 5.45. The minimum atomic E-state index is 0.456. The monoisotopic (exact) mass is 345 g/mol. The molecule has 0 unspecified atom stereocenters. The molecule has 0 aliphatic heterocycles. The van der Waals surface area contributed by atoms with Gasteiger partial charge in [0.05, 0.1) is 30.9 Å². The van der Waals surface area contributed by atoms with Gasteiger partial charge in [0.1, 0.15) is 12.1 Å². The van der Waals surface area contributed by atoms with E-state index in [9.17, 15) is 0 Å². The lowest BCUT2D eigenvalue weighted by atomic mass is 10.3. The number of hydrogen-bond donors (Lipinski definition) is 0. The van der Waals surface area contributed by atoms with Crippen molar-refractivity contribution in [3.63, 3.8) is 0 Å². The van der Waals surface area contributed by atoms with Gasteiger partial charge < -0.3 is 4.74 Å². The van der Waals surface area contributed by atoms with Crippen LogP contribution in [0.3, 0.4) is 0 Å². The van der Waals surface area contributed by atoms with Crippen LogP contribution in [0.4, 0.5) is 5.82 Å². The predicted molar refractivity (Wildman–Crippen MR) is 95.7 cm³/mol. The van der Waals surface area contributed by atoms with Crippen LogP contribution < -0.4 is 4.74 Å². The second kappa shape index (κ2) is 7.06. The Morgan fingerprint density at radius 2 is 2.00 bits per heavy atom. The summed E-state index contributed by atoms with van der Waals surface area (Å²) in [6, 6.07) is 11.4. The molecule has 0 aliphatic rings. The molecule has 0 amide bonds. The molecule has 0 atom stereocenters. The van der Waals surface area contributed by atoms with E-state index >= 15 is 0 Å². The summed E-state index contributed by atoms with van der Waals surface area (Å²) in [5.74, 6) is 1.23. The Kier molecular flexibility index (Phi) is 4.29. The average Bonchev–Trinajstić information content (AvgIpc) is 3.14. The maximum Gasteiger partial charge on any atom is 0.188 e. The normalized spacial score (nSPS) is 11.3. The minimum absolute atomic E-state index is 0.456. The van der Waals surface area contributed by atoms with Gasteiger partial charge in [-0.25, -0.2) is 14.6 Å². The van der Waals surface area contributed by atoms with Crippen molar-refractivity contribution < 1.29 is 4.74 Å². The first-order valence-electron chi connectivity index (χ1n) is 7.95. The van der Waals surface area contributed by atoms with Crippen LogP contribution in [0, 0.1) is 0 Å². The van der Waals surface area contributed by atoms with Crippen molar-refractivity contribution in [2.24, 2.45) is 10.2 Å². The van der Waals surface area contributed by atoms with Crippen molar-refractivity contribution in [3.8, 4) is 11.4 Å². The molecule has 3 heterocycles. The summed E-state index contributed by atoms with van der Waals surface area (Å²) in [5, 5.41) is 13.6. The van der Waals surface area contributed by atoms with Gasteiger partial charge in [0.15, 0.2) is 11.5 Å². The molecule has 0 N–H and O–H groups in total. The smallest absolute Gasteiger partial charge is 0.188 e. The van der Waals surface area contributed by atoms with Crippen LogP contribution in [0.25, 0.3) is 16.7 Å². The molecule has 4 aromatic rings. The summed E-state index contributed by atoms with van der Waals surface area (Å²) in [7, 11) is 1.63. The third-order valence-corrected chi connectivity index (χ3v) is 3.81. The Balaban J connectivity index is 1.66. The zero-order valence-electron chi connectivity index (χ0n) is 14.0. The highest BCUT2D eigenvalue weighted by Gasteiger charge is 2.11. The Hall–Kier alpha value is -3.68. The maximum atomic E-state index is 5.27. The first-order valence-corrected chi connectivity index (χ1v) is 7.95. The molecular formula is C18H15N7O. The number of pyridine rings is 1. The molecule has 1 aromatic carbocycles. The number of ether oxygens (including phenoxy) is 1. The summed E-state index contributed by atoms with van der Waals surface area (Å²) in [6.07, 6.45) is 6.61. The molecular weight excluding hydrogens is 330 g/mol. The SMILES string of the molecule is COc1cccc(-n2ncc3c(N=NCc4ccncc4)ncnc32)c1. The molecule has 8 heteroatoms. The Labute approximate surface area is 149 Å². The molecule has 0 fully saturated rings. The fourth-order valence-electron chi connectivity index (χ4n) is 2.51. The van der Waals surface area contributed by atoms with E-state index in [1.165, 1.54) is 6.33 Å². The van der Waals surface area contributed by atoms with E-state index < -0.39 is 0 Å². The van der Waals surface area contributed by atoms with Gasteiger partial charge in [-0.15, -0.1) is 5.11 Å². The molecule has 128 valence electrons. The van der Waals surface area contributed by atoms with Crippen molar-refractivity contribution >= 4 is 16.9 Å². The van der Waals surface area contributed by atoms with Crippen LogP contribution in [0.5, 0.6) is 5.75 Å². The summed E-state index contributed by atoms with van der Waals surface area (Å²) in [6.45, 7) is 0.456. The zero-order chi connectivity index (χ0) is 17.8. The van der Waals surface area contributed by atoms with Crippen LogP contribution in [0.15, 0.2) is 71.5 Å². The number of benzene rings is 1. The summed E-state index contributed by atoms with van der Waals surface area (Å²) in [5.41, 5.74) is 2.53. The summed E-state index contributed by atoms with van der Waals surface area (Å²) in [4.78, 5) is 12.5. The van der Waals surface area contributed by atoms with Crippen molar-refractivity contribution in [3.05, 3.63) is 66.9 Å². The molecule has 0 saturated heterocycles. The molecule has 0 aliphatic carbocycles. The van der Waals surface area contributed by atoms with Crippen LogP contribution in [0.2, 0.25) is 0 Å². The fraction of sp³-hybridized carbons (Fsp3) is 0.111. The van der Waals surface area contributed by atoms with Crippen molar-refractivity contribution in [2.45, 2.75) is 6.54 Å². The molecule has 0 radical (unpaired) electrons. The molecule has 0 spiro atoms. The largest absolute Gasteiger partial charge is 0.497 e. The molecule has 0 bridgehead atoms. The highest BCUT2D eigenvalue weighted by atomic mass is 16.5. The first-order chi connectivity index (χ1) is 12.8. The number of azo groups is 1. The summed E-state index contributed by atoms with van der Waals surface area (Å²) < 4.78 is 7.00. The average molecular weight is 345 g/mol. The maximum absolute atomic E-state index is 5.27. The van der Waals surface area contributed by atoms with E-state index in [2.05, 4.69) is 30.3 Å². The number of methoxy groups -OCH3 is 1. The van der Waals surface area contributed by atoms with Crippen LogP contribution in [0.1, 0.15) is 5.56 Å². The van der Waals surface area contributed by atoms with E-state index in [0.29, 0.717) is 18.0 Å². The minimum Gasteiger partial charge on any atom is -0.497 e. The Bertz CT molecular complexity index is 1060. The van der Waals surface area contributed by atoms with E-state index in [0.717, 1.165) is 22.4 Å². The van der Waals surface area contributed by atoms with Gasteiger partial charge in [-0.05, 0) is 29.8 Å². The number of nitrogens with zero attached hydrogens (tertiary/aromatic N) is 7. The van der Waals surface area contributed by atoms with Gasteiger partial charge in [0.25, 0.3) is 0 Å². The molecule has 8 nitrogen and oxygen atoms in total. The van der Waals surface area contributed by atoms with Crippen LogP contribution in [-0.4, -0.2) is 31.8 Å². The van der Waals surface area contributed by atoms with Gasteiger partial charge in [0.2, 0.25) is 0 Å². The standard InChI is InChI=1S/C18H15N7O/c1-26-15-4-2-3-14(9-15)25-18-16(11-23-25)17(20-12-21-18)24-22-10-13-5-7-19-8-6-13/h2-9,11-12H,10H2,1H3. The van der Waals surface area contributed by atoms with Gasteiger partial charge in [-0.2, -0.15) is 10.2 Å². The molecule has 0 saturated carbocycles. The van der Waals surface area contributed by atoms with Gasteiger partial charge >= 0.3 is 0 Å². The van der Waals surface area contributed by atoms with Crippen molar-refractivity contribution in [1.82, 2.24) is 24.7 Å². The van der Waals surface area contributed by atoms with Crippen LogP contribution in [-0.2, 0) is 6.54 Å². The lowest BCUT2D eigenvalue weighted by molar-refractivity contribution is 0.414. The third-order valence-electron chi connectivity index (χ3n) is 3.81. The molecule has 26 heavy (non-hydrogen) atoms. The van der Waals surface area contributed by atoms with E-state index in [1.807, 2.05) is 36.4 Å². The number of hydrogen-bond acceptors (Lipinski definition) is 7. The first kappa shape index (κ1) is 15.8. The summed E-state index contributed by atoms with van der Waals surface area (Å²) >= 11 is 0. The topological polar surface area (TPSA) is 90.4 Å². The van der Waals surface area contributed by atoms with Crippen LogP contribution >= 0.6 is 0 Å². The lowest BCUT2D eigenvalue weighted by Gasteiger charge is -2.05. The zero-order valence-corrected chi connectivity index (χ0v) is 14.0. The van der Waals surface area contributed by atoms with E-state index in [4.69, 9.17) is 4.74 Å². The number of aromatic nitrogens is 5. The molecule has 4 rings (SSSR count).